The summed E-state index contributed by atoms with van der Waals surface area (Å²) in [4.78, 5) is 12.9. The minimum Gasteiger partial charge on any atom is -0.497 e. The molecule has 0 saturated carbocycles. The highest BCUT2D eigenvalue weighted by molar-refractivity contribution is 7.89. The SMILES string of the molecule is COc1cccc(CNC(=O)C2CCN(S(=O)(=O)c3c(C)nn(-c4ccccc4)c3C)CC2)c1. The molecular weight excluding hydrogens is 452 g/mol. The molecule has 2 heterocycles. The van der Waals surface area contributed by atoms with Crippen LogP contribution in [0.4, 0.5) is 0 Å². The van der Waals surface area contributed by atoms with Crippen LogP contribution in [0.15, 0.2) is 59.5 Å². The number of carbonyl (C=O) groups is 1. The van der Waals surface area contributed by atoms with Crippen molar-refractivity contribution in [2.75, 3.05) is 20.2 Å². The maximum atomic E-state index is 13.5. The first-order valence-corrected chi connectivity index (χ1v) is 12.8. The molecule has 0 atom stereocenters. The van der Waals surface area contributed by atoms with E-state index < -0.39 is 10.0 Å². The number of hydrogen-bond donors (Lipinski definition) is 1. The molecule has 8 nitrogen and oxygen atoms in total. The first kappa shape index (κ1) is 24.0. The zero-order chi connectivity index (χ0) is 24.3. The molecule has 0 spiro atoms. The Morgan fingerprint density at radius 2 is 1.79 bits per heavy atom. The molecule has 0 radical (unpaired) electrons. The van der Waals surface area contributed by atoms with Gasteiger partial charge in [0.2, 0.25) is 15.9 Å². The number of amides is 1. The number of carbonyl (C=O) groups excluding carboxylic acids is 1. The van der Waals surface area contributed by atoms with Crippen LogP contribution >= 0.6 is 0 Å². The zero-order valence-electron chi connectivity index (χ0n) is 19.7. The number of para-hydroxylation sites is 1. The molecule has 4 rings (SSSR count). The number of ether oxygens (including phenoxy) is 1. The number of rotatable bonds is 7. The van der Waals surface area contributed by atoms with Gasteiger partial charge in [0.25, 0.3) is 0 Å². The van der Waals surface area contributed by atoms with E-state index in [9.17, 15) is 13.2 Å². The van der Waals surface area contributed by atoms with Gasteiger partial charge in [-0.2, -0.15) is 9.40 Å². The van der Waals surface area contributed by atoms with Crippen LogP contribution in [0.3, 0.4) is 0 Å². The van der Waals surface area contributed by atoms with Crippen molar-refractivity contribution in [1.29, 1.82) is 0 Å². The van der Waals surface area contributed by atoms with Crippen molar-refractivity contribution >= 4 is 15.9 Å². The Hall–Kier alpha value is -3.17. The van der Waals surface area contributed by atoms with E-state index in [1.165, 1.54) is 4.31 Å². The van der Waals surface area contributed by atoms with E-state index in [0.717, 1.165) is 17.0 Å². The van der Waals surface area contributed by atoms with Crippen molar-refractivity contribution in [3.05, 3.63) is 71.5 Å². The fraction of sp³-hybridized carbons (Fsp3) is 0.360. The van der Waals surface area contributed by atoms with E-state index in [1.807, 2.05) is 54.6 Å². The van der Waals surface area contributed by atoms with Crippen molar-refractivity contribution in [2.45, 2.75) is 38.1 Å². The van der Waals surface area contributed by atoms with Crippen molar-refractivity contribution in [3.8, 4) is 11.4 Å². The van der Waals surface area contributed by atoms with Gasteiger partial charge in [-0.15, -0.1) is 0 Å². The summed E-state index contributed by atoms with van der Waals surface area (Å²) in [5.74, 6) is 0.474. The van der Waals surface area contributed by atoms with Crippen LogP contribution in [0.5, 0.6) is 5.75 Å². The molecule has 9 heteroatoms. The van der Waals surface area contributed by atoms with Crippen LogP contribution in [-0.4, -0.2) is 48.6 Å². The highest BCUT2D eigenvalue weighted by Gasteiger charge is 2.35. The number of aromatic nitrogens is 2. The number of hydrogen-bond acceptors (Lipinski definition) is 5. The summed E-state index contributed by atoms with van der Waals surface area (Å²) in [6.07, 6.45) is 0.960. The van der Waals surface area contributed by atoms with Gasteiger partial charge in [0.1, 0.15) is 10.6 Å². The van der Waals surface area contributed by atoms with Gasteiger partial charge >= 0.3 is 0 Å². The van der Waals surface area contributed by atoms with Gasteiger partial charge in [0, 0.05) is 25.6 Å². The summed E-state index contributed by atoms with van der Waals surface area (Å²) in [6.45, 7) is 4.51. The molecule has 1 amide bonds. The maximum absolute atomic E-state index is 13.5. The lowest BCUT2D eigenvalue weighted by Crippen LogP contribution is -2.43. The fourth-order valence-corrected chi connectivity index (χ4v) is 6.25. The van der Waals surface area contributed by atoms with Gasteiger partial charge in [-0.25, -0.2) is 13.1 Å². The molecule has 0 bridgehead atoms. The molecule has 1 saturated heterocycles. The molecule has 3 aromatic rings. The Balaban J connectivity index is 1.41. The smallest absolute Gasteiger partial charge is 0.246 e. The summed E-state index contributed by atoms with van der Waals surface area (Å²) < 4.78 is 35.3. The summed E-state index contributed by atoms with van der Waals surface area (Å²) in [5.41, 5.74) is 2.83. The Bertz CT molecular complexity index is 1260. The zero-order valence-corrected chi connectivity index (χ0v) is 20.5. The van der Waals surface area contributed by atoms with E-state index in [-0.39, 0.29) is 16.7 Å². The van der Waals surface area contributed by atoms with Gasteiger partial charge in [0.15, 0.2) is 0 Å². The van der Waals surface area contributed by atoms with Crippen molar-refractivity contribution in [2.24, 2.45) is 5.92 Å². The molecule has 1 fully saturated rings. The van der Waals surface area contributed by atoms with Gasteiger partial charge in [0.05, 0.1) is 24.2 Å². The van der Waals surface area contributed by atoms with Gasteiger partial charge in [-0.3, -0.25) is 4.79 Å². The molecule has 0 aliphatic carbocycles. The van der Waals surface area contributed by atoms with E-state index in [0.29, 0.717) is 43.9 Å². The predicted molar refractivity (Wildman–Crippen MR) is 129 cm³/mol. The van der Waals surface area contributed by atoms with E-state index in [2.05, 4.69) is 10.4 Å². The molecule has 2 aromatic carbocycles. The number of aryl methyl sites for hydroxylation is 1. The second-order valence-corrected chi connectivity index (χ2v) is 10.4. The minimum absolute atomic E-state index is 0.0517. The standard InChI is InChI=1S/C25H30N4O4S/c1-18-24(19(2)29(27-18)22-9-5-4-6-10-22)34(31,32)28-14-12-21(13-15-28)25(30)26-17-20-8-7-11-23(16-20)33-3/h4-11,16,21H,12-15,17H2,1-3H3,(H,26,30). The molecule has 1 N–H and O–H groups in total. The summed E-state index contributed by atoms with van der Waals surface area (Å²) in [6, 6.07) is 17.0. The van der Waals surface area contributed by atoms with E-state index >= 15 is 0 Å². The van der Waals surface area contributed by atoms with Crippen LogP contribution in [0, 0.1) is 19.8 Å². The third kappa shape index (κ3) is 4.85. The lowest BCUT2D eigenvalue weighted by Gasteiger charge is -2.30. The van der Waals surface area contributed by atoms with Crippen molar-refractivity contribution in [1.82, 2.24) is 19.4 Å². The number of nitrogens with one attached hydrogen (secondary N) is 1. The highest BCUT2D eigenvalue weighted by atomic mass is 32.2. The van der Waals surface area contributed by atoms with Gasteiger partial charge in [-0.05, 0) is 56.5 Å². The average Bonchev–Trinajstić information content (AvgIpc) is 3.17. The fourth-order valence-electron chi connectivity index (χ4n) is 4.43. The molecule has 1 aliphatic rings. The Labute approximate surface area is 200 Å². The Morgan fingerprint density at radius 1 is 1.09 bits per heavy atom. The number of sulfonamides is 1. The van der Waals surface area contributed by atoms with Crippen molar-refractivity contribution < 1.29 is 17.9 Å². The number of benzene rings is 2. The number of piperidine rings is 1. The molecule has 1 aromatic heterocycles. The first-order valence-electron chi connectivity index (χ1n) is 11.3. The minimum atomic E-state index is -3.72. The third-order valence-corrected chi connectivity index (χ3v) is 8.40. The van der Waals surface area contributed by atoms with Crippen LogP contribution in [0.25, 0.3) is 5.69 Å². The summed E-state index contributed by atoms with van der Waals surface area (Å²) >= 11 is 0. The number of methoxy groups -OCH3 is 1. The second-order valence-electron chi connectivity index (χ2n) is 8.49. The second kappa shape index (κ2) is 9.99. The monoisotopic (exact) mass is 482 g/mol. The molecule has 1 aliphatic heterocycles. The normalized spacial score (nSPS) is 15.3. The van der Waals surface area contributed by atoms with Crippen molar-refractivity contribution in [3.63, 3.8) is 0 Å². The Kier molecular flexibility index (Phi) is 7.04. The average molecular weight is 483 g/mol. The van der Waals surface area contributed by atoms with Crippen LogP contribution in [0.1, 0.15) is 29.8 Å². The summed E-state index contributed by atoms with van der Waals surface area (Å²) in [5, 5.41) is 7.46. The number of nitrogens with zero attached hydrogens (tertiary/aromatic N) is 3. The topological polar surface area (TPSA) is 93.5 Å². The maximum Gasteiger partial charge on any atom is 0.246 e. The van der Waals surface area contributed by atoms with Crippen LogP contribution < -0.4 is 10.1 Å². The molecule has 180 valence electrons. The van der Waals surface area contributed by atoms with Gasteiger partial charge in [-0.1, -0.05) is 30.3 Å². The highest BCUT2D eigenvalue weighted by Crippen LogP contribution is 2.29. The quantitative estimate of drug-likeness (QED) is 0.558. The lowest BCUT2D eigenvalue weighted by molar-refractivity contribution is -0.126. The first-order chi connectivity index (χ1) is 16.3. The van der Waals surface area contributed by atoms with Crippen LogP contribution in [0.2, 0.25) is 0 Å². The molecular formula is C25H30N4O4S. The predicted octanol–water partition coefficient (Wildman–Crippen LogP) is 3.21. The lowest BCUT2D eigenvalue weighted by atomic mass is 9.97. The molecule has 34 heavy (non-hydrogen) atoms. The largest absolute Gasteiger partial charge is 0.497 e. The van der Waals surface area contributed by atoms with E-state index in [1.54, 1.807) is 25.6 Å². The third-order valence-electron chi connectivity index (χ3n) is 6.25. The van der Waals surface area contributed by atoms with E-state index in [4.69, 9.17) is 4.74 Å². The summed E-state index contributed by atoms with van der Waals surface area (Å²) in [7, 11) is -2.11. The van der Waals surface area contributed by atoms with Crippen LogP contribution in [-0.2, 0) is 21.4 Å². The molecule has 0 unspecified atom stereocenters. The Morgan fingerprint density at radius 3 is 2.47 bits per heavy atom. The van der Waals surface area contributed by atoms with Gasteiger partial charge < -0.3 is 10.1 Å².